The van der Waals surface area contributed by atoms with E-state index >= 15 is 0 Å². The van der Waals surface area contributed by atoms with Crippen molar-refractivity contribution in [1.29, 1.82) is 0 Å². The van der Waals surface area contributed by atoms with Gasteiger partial charge in [0.25, 0.3) is 0 Å². The molecule has 170 valence electrons. The second kappa shape index (κ2) is 10.1. The van der Waals surface area contributed by atoms with Crippen LogP contribution in [0.25, 0.3) is 28.1 Å². The Balaban J connectivity index is 2.05. The molecule has 1 aromatic carbocycles. The molecule has 6 nitrogen and oxygen atoms in total. The van der Waals surface area contributed by atoms with Crippen molar-refractivity contribution in [2.75, 3.05) is 0 Å². The molecular weight excluding hydrogens is 411 g/mol. The lowest BCUT2D eigenvalue weighted by molar-refractivity contribution is -0.146. The summed E-state index contributed by atoms with van der Waals surface area (Å²) in [4.78, 5) is 15.5. The maximum Gasteiger partial charge on any atom is 0.309 e. The summed E-state index contributed by atoms with van der Waals surface area (Å²) >= 11 is 0. The van der Waals surface area contributed by atoms with Gasteiger partial charge in [0.15, 0.2) is 0 Å². The first-order valence-electron chi connectivity index (χ1n) is 10.8. The number of aliphatic hydroxyl groups excluding tert-OH is 2. The van der Waals surface area contributed by atoms with Crippen molar-refractivity contribution in [3.8, 4) is 11.1 Å². The number of pyridine rings is 1. The molecule has 3 rings (SSSR count). The van der Waals surface area contributed by atoms with Crippen LogP contribution in [0.4, 0.5) is 4.39 Å². The van der Waals surface area contributed by atoms with Gasteiger partial charge in [0.2, 0.25) is 0 Å². The van der Waals surface area contributed by atoms with E-state index in [-0.39, 0.29) is 24.7 Å². The average Bonchev–Trinajstić information content (AvgIpc) is 3.07. The number of aromatic nitrogens is 2. The number of hydrogen-bond acceptors (Lipinski definition) is 4. The number of halogens is 1. The van der Waals surface area contributed by atoms with E-state index in [1.165, 1.54) is 12.1 Å². The number of rotatable bonds is 9. The van der Waals surface area contributed by atoms with Crippen LogP contribution in [-0.4, -0.2) is 43.0 Å². The van der Waals surface area contributed by atoms with Gasteiger partial charge in [0.1, 0.15) is 5.82 Å². The number of nitrogens with zero attached hydrogens (tertiary/aromatic N) is 2. The van der Waals surface area contributed by atoms with E-state index in [2.05, 4.69) is 9.55 Å². The van der Waals surface area contributed by atoms with E-state index in [1.807, 2.05) is 19.9 Å². The Hall–Kier alpha value is -3.03. The molecule has 0 saturated carbocycles. The van der Waals surface area contributed by atoms with Crippen molar-refractivity contribution in [2.45, 2.75) is 51.9 Å². The second-order valence-corrected chi connectivity index (χ2v) is 8.21. The molecule has 32 heavy (non-hydrogen) atoms. The molecule has 3 unspecified atom stereocenters. The van der Waals surface area contributed by atoms with Crippen LogP contribution in [0.5, 0.6) is 0 Å². The zero-order chi connectivity index (χ0) is 23.4. The fraction of sp³-hybridized carbons (Fsp3) is 0.360. The van der Waals surface area contributed by atoms with Gasteiger partial charge in [-0.25, -0.2) is 4.39 Å². The zero-order valence-corrected chi connectivity index (χ0v) is 18.4. The van der Waals surface area contributed by atoms with E-state index in [4.69, 9.17) is 0 Å². The number of aliphatic carboxylic acids is 1. The molecule has 2 aromatic heterocycles. The van der Waals surface area contributed by atoms with Crippen LogP contribution in [0.1, 0.15) is 45.3 Å². The Morgan fingerprint density at radius 3 is 2.47 bits per heavy atom. The van der Waals surface area contributed by atoms with Gasteiger partial charge >= 0.3 is 5.97 Å². The third kappa shape index (κ3) is 4.89. The van der Waals surface area contributed by atoms with Crippen molar-refractivity contribution in [3.63, 3.8) is 0 Å². The van der Waals surface area contributed by atoms with E-state index in [0.29, 0.717) is 0 Å². The lowest BCUT2D eigenvalue weighted by Crippen LogP contribution is -2.30. The molecule has 0 aliphatic carbocycles. The summed E-state index contributed by atoms with van der Waals surface area (Å²) in [5.41, 5.74) is 3.45. The van der Waals surface area contributed by atoms with Crippen molar-refractivity contribution < 1.29 is 24.5 Å². The van der Waals surface area contributed by atoms with Crippen LogP contribution < -0.4 is 0 Å². The minimum atomic E-state index is -1.16. The van der Waals surface area contributed by atoms with Gasteiger partial charge in [0, 0.05) is 41.5 Å². The highest BCUT2D eigenvalue weighted by Crippen LogP contribution is 2.37. The molecule has 0 bridgehead atoms. The number of hydrogen-bond donors (Lipinski definition) is 3. The van der Waals surface area contributed by atoms with Crippen LogP contribution >= 0.6 is 0 Å². The Morgan fingerprint density at radius 2 is 1.88 bits per heavy atom. The Bertz CT molecular complexity index is 1110. The van der Waals surface area contributed by atoms with Crippen LogP contribution in [0.3, 0.4) is 0 Å². The quantitative estimate of drug-likeness (QED) is 0.450. The predicted octanol–water partition coefficient (Wildman–Crippen LogP) is 4.66. The molecule has 0 fully saturated rings. The first-order valence-corrected chi connectivity index (χ1v) is 10.8. The highest BCUT2D eigenvalue weighted by molar-refractivity contribution is 6.00. The van der Waals surface area contributed by atoms with Crippen molar-refractivity contribution >= 4 is 22.9 Å². The van der Waals surface area contributed by atoms with E-state index in [1.54, 1.807) is 43.6 Å². The molecule has 0 radical (unpaired) electrons. The molecule has 3 N–H and O–H groups in total. The third-order valence-electron chi connectivity index (χ3n) is 5.67. The number of fused-ring (bicyclic) bond motifs is 1. The Morgan fingerprint density at radius 1 is 1.19 bits per heavy atom. The molecule has 0 aliphatic rings. The van der Waals surface area contributed by atoms with Crippen LogP contribution in [0, 0.1) is 11.7 Å². The van der Waals surface area contributed by atoms with Gasteiger partial charge < -0.3 is 19.9 Å². The van der Waals surface area contributed by atoms with Crippen molar-refractivity contribution in [1.82, 2.24) is 9.55 Å². The second-order valence-electron chi connectivity index (χ2n) is 8.21. The Labute approximate surface area is 186 Å². The topological polar surface area (TPSA) is 95.6 Å². The molecule has 0 aliphatic heterocycles. The van der Waals surface area contributed by atoms with E-state index < -0.39 is 24.1 Å². The normalized spacial score (nSPS) is 14.8. The lowest BCUT2D eigenvalue weighted by atomic mass is 9.94. The van der Waals surface area contributed by atoms with Crippen molar-refractivity contribution in [3.05, 3.63) is 60.3 Å². The summed E-state index contributed by atoms with van der Waals surface area (Å²) in [6.45, 7) is 5.78. The van der Waals surface area contributed by atoms with E-state index in [0.717, 1.165) is 27.7 Å². The number of carboxylic acid groups (broad SMARTS) is 1. The number of benzene rings is 1. The molecule has 3 atom stereocenters. The summed E-state index contributed by atoms with van der Waals surface area (Å²) in [5.74, 6) is -2.34. The largest absolute Gasteiger partial charge is 0.481 e. The molecule has 0 saturated heterocycles. The monoisotopic (exact) mass is 440 g/mol. The summed E-state index contributed by atoms with van der Waals surface area (Å²) in [7, 11) is 0. The number of carbonyl (C=O) groups is 1. The molecular formula is C25H29FN2O4. The smallest absolute Gasteiger partial charge is 0.309 e. The summed E-state index contributed by atoms with van der Waals surface area (Å²) in [6, 6.07) is 8.22. The van der Waals surface area contributed by atoms with Crippen LogP contribution in [-0.2, 0) is 4.79 Å². The summed E-state index contributed by atoms with van der Waals surface area (Å²) in [6.07, 6.45) is 4.81. The van der Waals surface area contributed by atoms with Gasteiger partial charge in [-0.05, 0) is 50.1 Å². The molecule has 3 aromatic rings. The summed E-state index contributed by atoms with van der Waals surface area (Å²) < 4.78 is 15.7. The van der Waals surface area contributed by atoms with Gasteiger partial charge in [-0.15, -0.1) is 0 Å². The fourth-order valence-electron chi connectivity index (χ4n) is 4.12. The summed E-state index contributed by atoms with van der Waals surface area (Å²) in [5, 5.41) is 30.9. The molecule has 0 spiro atoms. The average molecular weight is 441 g/mol. The maximum atomic E-state index is 13.5. The van der Waals surface area contributed by atoms with Gasteiger partial charge in [-0.3, -0.25) is 9.78 Å². The van der Waals surface area contributed by atoms with Gasteiger partial charge in [0.05, 0.1) is 23.6 Å². The minimum Gasteiger partial charge on any atom is -0.481 e. The first kappa shape index (κ1) is 23.6. The highest BCUT2D eigenvalue weighted by atomic mass is 19.1. The number of carboxylic acids is 1. The van der Waals surface area contributed by atoms with Crippen LogP contribution in [0.2, 0.25) is 0 Å². The standard InChI is InChI=1S/C25H29FN2O4/c1-4-19(25(31)32)23(30)13-18(29)9-10-22-24(16-5-7-17(26)8-6-16)20-14-27-12-11-21(20)28(22)15(2)3/h5-12,14-15,18-19,23,29-30H,4,13H2,1-3H3,(H,31,32)/b10-9+. The molecule has 7 heteroatoms. The molecule has 2 heterocycles. The fourth-order valence-corrected chi connectivity index (χ4v) is 4.12. The van der Waals surface area contributed by atoms with E-state index in [9.17, 15) is 24.5 Å². The van der Waals surface area contributed by atoms with Crippen LogP contribution in [0.15, 0.2) is 48.8 Å². The molecule has 0 amide bonds. The first-order chi connectivity index (χ1) is 15.2. The zero-order valence-electron chi connectivity index (χ0n) is 18.4. The van der Waals surface area contributed by atoms with Gasteiger partial charge in [-0.1, -0.05) is 25.1 Å². The number of aliphatic hydroxyl groups is 2. The highest BCUT2D eigenvalue weighted by Gasteiger charge is 2.26. The SMILES string of the molecule is CCC(C(=O)O)C(O)CC(O)/C=C/c1c(-c2ccc(F)cc2)c2cnccc2n1C(C)C. The lowest BCUT2D eigenvalue weighted by Gasteiger charge is -2.19. The third-order valence-corrected chi connectivity index (χ3v) is 5.67. The maximum absolute atomic E-state index is 13.5. The van der Waals surface area contributed by atoms with Crippen molar-refractivity contribution in [2.24, 2.45) is 5.92 Å². The minimum absolute atomic E-state index is 0.0867. The predicted molar refractivity (Wildman–Crippen MR) is 123 cm³/mol. The van der Waals surface area contributed by atoms with Gasteiger partial charge in [-0.2, -0.15) is 0 Å². The Kier molecular flexibility index (Phi) is 7.43.